The van der Waals surface area contributed by atoms with Crippen LogP contribution in [-0.2, 0) is 0 Å². The molecule has 0 saturated heterocycles. The predicted octanol–water partition coefficient (Wildman–Crippen LogP) is 7.69. The number of hydrogen-bond acceptors (Lipinski definition) is 1. The summed E-state index contributed by atoms with van der Waals surface area (Å²) in [5.74, 6) is 1.78. The Balaban J connectivity index is 3.17. The van der Waals surface area contributed by atoms with Crippen LogP contribution in [0, 0.1) is 11.8 Å². The van der Waals surface area contributed by atoms with Crippen molar-refractivity contribution in [3.8, 4) is 0 Å². The average Bonchev–Trinajstić information content (AvgIpc) is 2.51. The van der Waals surface area contributed by atoms with Gasteiger partial charge < -0.3 is 4.90 Å². The first kappa shape index (κ1) is 24.0. The molecule has 0 heterocycles. The Morgan fingerprint density at radius 1 is 0.458 bits per heavy atom. The van der Waals surface area contributed by atoms with Crippen molar-refractivity contribution in [1.82, 2.24) is 4.90 Å². The largest absolute Gasteiger partial charge is 0.306 e. The van der Waals surface area contributed by atoms with Crippen molar-refractivity contribution in [1.29, 1.82) is 0 Å². The van der Waals surface area contributed by atoms with Crippen molar-refractivity contribution >= 4 is 0 Å². The van der Waals surface area contributed by atoms with E-state index < -0.39 is 0 Å². The van der Waals surface area contributed by atoms with E-state index in [4.69, 9.17) is 0 Å². The van der Waals surface area contributed by atoms with Crippen molar-refractivity contribution in [3.05, 3.63) is 0 Å². The molecule has 24 heavy (non-hydrogen) atoms. The van der Waals surface area contributed by atoms with Gasteiger partial charge in [0.15, 0.2) is 0 Å². The monoisotopic (exact) mass is 339 g/mol. The minimum absolute atomic E-state index is 0.888. The zero-order chi connectivity index (χ0) is 18.0. The van der Waals surface area contributed by atoms with E-state index in [9.17, 15) is 0 Å². The first-order valence-corrected chi connectivity index (χ1v) is 11.2. The van der Waals surface area contributed by atoms with Gasteiger partial charge in [0.2, 0.25) is 0 Å². The van der Waals surface area contributed by atoms with E-state index in [1.165, 1.54) is 103 Å². The number of nitrogens with zero attached hydrogens (tertiary/aromatic N) is 1. The Labute approximate surface area is 155 Å². The van der Waals surface area contributed by atoms with Crippen LogP contribution < -0.4 is 0 Å². The van der Waals surface area contributed by atoms with E-state index in [0.717, 1.165) is 11.8 Å². The van der Waals surface area contributed by atoms with Gasteiger partial charge in [-0.15, -0.1) is 0 Å². The van der Waals surface area contributed by atoms with E-state index >= 15 is 0 Å². The van der Waals surface area contributed by atoms with Crippen LogP contribution in [0.3, 0.4) is 0 Å². The summed E-state index contributed by atoms with van der Waals surface area (Å²) in [6.07, 6.45) is 20.1. The molecular weight excluding hydrogens is 290 g/mol. The third-order valence-electron chi connectivity index (χ3n) is 5.14. The van der Waals surface area contributed by atoms with E-state index in [1.807, 2.05) is 0 Å². The highest BCUT2D eigenvalue weighted by Gasteiger charge is 2.00. The van der Waals surface area contributed by atoms with Crippen molar-refractivity contribution < 1.29 is 0 Å². The van der Waals surface area contributed by atoms with Gasteiger partial charge in [0.05, 0.1) is 0 Å². The van der Waals surface area contributed by atoms with Gasteiger partial charge >= 0.3 is 0 Å². The lowest BCUT2D eigenvalue weighted by Crippen LogP contribution is -2.20. The molecular formula is C23H49N. The molecule has 0 fully saturated rings. The summed E-state index contributed by atoms with van der Waals surface area (Å²) in [4.78, 5) is 2.55. The molecule has 0 spiro atoms. The van der Waals surface area contributed by atoms with Gasteiger partial charge in [-0.25, -0.2) is 0 Å². The van der Waals surface area contributed by atoms with Gasteiger partial charge in [0.25, 0.3) is 0 Å². The fraction of sp³-hybridized carbons (Fsp3) is 1.00. The summed E-state index contributed by atoms with van der Waals surface area (Å²) >= 11 is 0. The van der Waals surface area contributed by atoms with Gasteiger partial charge in [-0.1, -0.05) is 105 Å². The van der Waals surface area contributed by atoms with E-state index in [1.54, 1.807) is 0 Å². The first-order chi connectivity index (χ1) is 11.5. The maximum Gasteiger partial charge on any atom is -0.00218 e. The summed E-state index contributed by atoms with van der Waals surface area (Å²) in [6.45, 7) is 12.0. The molecule has 1 nitrogen and oxygen atoms in total. The highest BCUT2D eigenvalue weighted by molar-refractivity contribution is 4.55. The third kappa shape index (κ3) is 20.0. The molecule has 0 rings (SSSR count). The highest BCUT2D eigenvalue weighted by Crippen LogP contribution is 2.13. The van der Waals surface area contributed by atoms with Crippen LogP contribution in [0.25, 0.3) is 0 Å². The Hall–Kier alpha value is -0.0400. The summed E-state index contributed by atoms with van der Waals surface area (Å²) in [5.41, 5.74) is 0. The second kappa shape index (κ2) is 17.8. The van der Waals surface area contributed by atoms with Gasteiger partial charge in [-0.05, 0) is 44.8 Å². The highest BCUT2D eigenvalue weighted by atomic mass is 15.1. The molecule has 0 bridgehead atoms. The van der Waals surface area contributed by atoms with Gasteiger partial charge in [-0.2, -0.15) is 0 Å². The molecule has 0 unspecified atom stereocenters. The molecule has 0 aliphatic heterocycles. The molecule has 0 aliphatic carbocycles. The standard InChI is InChI=1S/C23H49N/c1-22(2)18-14-10-6-8-12-16-20-24(5)21-17-13-9-7-11-15-19-23(3)4/h22-23H,6-21H2,1-5H3. The fourth-order valence-electron chi connectivity index (χ4n) is 3.39. The van der Waals surface area contributed by atoms with Crippen LogP contribution in [0.15, 0.2) is 0 Å². The van der Waals surface area contributed by atoms with Crippen molar-refractivity contribution in [2.24, 2.45) is 11.8 Å². The summed E-state index contributed by atoms with van der Waals surface area (Å²) in [6, 6.07) is 0. The number of unbranched alkanes of at least 4 members (excludes halogenated alkanes) is 10. The van der Waals surface area contributed by atoms with E-state index in [-0.39, 0.29) is 0 Å². The minimum atomic E-state index is 0.888. The van der Waals surface area contributed by atoms with Crippen molar-refractivity contribution in [2.75, 3.05) is 20.1 Å². The zero-order valence-electron chi connectivity index (χ0n) is 17.9. The Morgan fingerprint density at radius 3 is 1.08 bits per heavy atom. The van der Waals surface area contributed by atoms with E-state index in [0.29, 0.717) is 0 Å². The maximum absolute atomic E-state index is 2.55. The Bertz CT molecular complexity index is 210. The lowest BCUT2D eigenvalue weighted by atomic mass is 10.0. The molecule has 0 saturated carbocycles. The Kier molecular flexibility index (Phi) is 17.7. The predicted molar refractivity (Wildman–Crippen MR) is 112 cm³/mol. The second-order valence-corrected chi connectivity index (χ2v) is 8.91. The second-order valence-electron chi connectivity index (χ2n) is 8.91. The van der Waals surface area contributed by atoms with Crippen LogP contribution in [-0.4, -0.2) is 25.0 Å². The third-order valence-corrected chi connectivity index (χ3v) is 5.14. The van der Waals surface area contributed by atoms with Crippen molar-refractivity contribution in [2.45, 2.75) is 118 Å². The molecule has 0 amide bonds. The molecule has 1 heteroatoms. The minimum Gasteiger partial charge on any atom is -0.306 e. The van der Waals surface area contributed by atoms with Crippen LogP contribution in [0.2, 0.25) is 0 Å². The molecule has 0 aromatic rings. The SMILES string of the molecule is CC(C)CCCCCCCCN(C)CCCCCCCCC(C)C. The topological polar surface area (TPSA) is 3.24 Å². The van der Waals surface area contributed by atoms with Gasteiger partial charge in [0, 0.05) is 0 Å². The normalized spacial score (nSPS) is 12.0. The molecule has 0 N–H and O–H groups in total. The van der Waals surface area contributed by atoms with Crippen LogP contribution in [0.4, 0.5) is 0 Å². The zero-order valence-corrected chi connectivity index (χ0v) is 17.9. The molecule has 0 aliphatic rings. The summed E-state index contributed by atoms with van der Waals surface area (Å²) in [5, 5.41) is 0. The molecule has 0 aromatic heterocycles. The lowest BCUT2D eigenvalue weighted by molar-refractivity contribution is 0.314. The van der Waals surface area contributed by atoms with Crippen molar-refractivity contribution in [3.63, 3.8) is 0 Å². The summed E-state index contributed by atoms with van der Waals surface area (Å²) < 4.78 is 0. The summed E-state index contributed by atoms with van der Waals surface area (Å²) in [7, 11) is 2.31. The smallest absolute Gasteiger partial charge is 0.00218 e. The van der Waals surface area contributed by atoms with Crippen LogP contribution in [0.5, 0.6) is 0 Å². The van der Waals surface area contributed by atoms with Crippen LogP contribution >= 0.6 is 0 Å². The molecule has 0 aromatic carbocycles. The van der Waals surface area contributed by atoms with Gasteiger partial charge in [0.1, 0.15) is 0 Å². The molecule has 0 radical (unpaired) electrons. The fourth-order valence-corrected chi connectivity index (χ4v) is 3.39. The number of hydrogen-bond donors (Lipinski definition) is 0. The molecule has 0 atom stereocenters. The Morgan fingerprint density at radius 2 is 0.750 bits per heavy atom. The quantitative estimate of drug-likeness (QED) is 0.231. The molecule has 146 valence electrons. The maximum atomic E-state index is 2.55. The first-order valence-electron chi connectivity index (χ1n) is 11.2. The lowest BCUT2D eigenvalue weighted by Gasteiger charge is -2.16. The van der Waals surface area contributed by atoms with E-state index in [2.05, 4.69) is 39.6 Å². The van der Waals surface area contributed by atoms with Gasteiger partial charge in [-0.3, -0.25) is 0 Å². The number of rotatable bonds is 18. The van der Waals surface area contributed by atoms with Crippen LogP contribution in [0.1, 0.15) is 118 Å². The average molecular weight is 340 g/mol.